The number of carbonyl (C=O) groups excluding carboxylic acids is 2. The third-order valence-corrected chi connectivity index (χ3v) is 1.04. The second-order valence-corrected chi connectivity index (χ2v) is 2.01. The Kier molecular flexibility index (Phi) is 2.36. The van der Waals surface area contributed by atoms with Gasteiger partial charge in [-0.05, 0) is 0 Å². The summed E-state index contributed by atoms with van der Waals surface area (Å²) in [4.78, 5) is 21.0. The van der Waals surface area contributed by atoms with Crippen molar-refractivity contribution in [1.29, 1.82) is 0 Å². The SMILES string of the molecule is NC(=O)NC(=O)Cn1ccnn1. The molecule has 0 radical (unpaired) electrons. The standard InChI is InChI=1S/C5H7N5O2/c6-5(12)8-4(11)3-10-2-1-7-9-10/h1-2H,3H2,(H3,6,8,11,12). The number of urea groups is 1. The van der Waals surface area contributed by atoms with Crippen LogP contribution in [0.1, 0.15) is 0 Å². The molecular weight excluding hydrogens is 162 g/mol. The predicted octanol–water partition coefficient (Wildman–Crippen LogP) is -1.53. The average Bonchev–Trinajstić information content (AvgIpc) is 2.37. The van der Waals surface area contributed by atoms with Gasteiger partial charge in [-0.3, -0.25) is 10.1 Å². The highest BCUT2D eigenvalue weighted by atomic mass is 16.2. The van der Waals surface area contributed by atoms with Crippen LogP contribution in [0.5, 0.6) is 0 Å². The van der Waals surface area contributed by atoms with Crippen molar-refractivity contribution in [3.05, 3.63) is 12.4 Å². The van der Waals surface area contributed by atoms with Gasteiger partial charge in [0.15, 0.2) is 0 Å². The van der Waals surface area contributed by atoms with Crippen LogP contribution in [0.2, 0.25) is 0 Å². The molecule has 1 rings (SSSR count). The molecule has 64 valence electrons. The minimum atomic E-state index is -0.875. The van der Waals surface area contributed by atoms with E-state index in [2.05, 4.69) is 10.3 Å². The topological polar surface area (TPSA) is 103 Å². The fraction of sp³-hybridized carbons (Fsp3) is 0.200. The zero-order chi connectivity index (χ0) is 8.97. The fourth-order valence-corrected chi connectivity index (χ4v) is 0.641. The molecule has 1 heterocycles. The van der Waals surface area contributed by atoms with E-state index in [1.54, 1.807) is 0 Å². The van der Waals surface area contributed by atoms with E-state index >= 15 is 0 Å². The van der Waals surface area contributed by atoms with Crippen molar-refractivity contribution in [1.82, 2.24) is 20.3 Å². The van der Waals surface area contributed by atoms with Gasteiger partial charge in [0.05, 0.1) is 6.20 Å². The largest absolute Gasteiger partial charge is 0.351 e. The van der Waals surface area contributed by atoms with E-state index in [4.69, 9.17) is 5.73 Å². The first-order chi connectivity index (χ1) is 5.68. The Bertz CT molecular complexity index is 280. The number of nitrogens with zero attached hydrogens (tertiary/aromatic N) is 3. The maximum absolute atomic E-state index is 10.8. The monoisotopic (exact) mass is 169 g/mol. The van der Waals surface area contributed by atoms with Crippen LogP contribution in [0.3, 0.4) is 0 Å². The number of carbonyl (C=O) groups is 2. The van der Waals surface area contributed by atoms with E-state index in [0.717, 1.165) is 0 Å². The summed E-state index contributed by atoms with van der Waals surface area (Å²) in [6.07, 6.45) is 2.93. The first kappa shape index (κ1) is 8.18. The van der Waals surface area contributed by atoms with Gasteiger partial charge in [0, 0.05) is 6.20 Å². The number of imide groups is 1. The Morgan fingerprint density at radius 2 is 2.33 bits per heavy atom. The highest BCUT2D eigenvalue weighted by Gasteiger charge is 2.04. The van der Waals surface area contributed by atoms with Crippen LogP contribution in [0.4, 0.5) is 4.79 Å². The lowest BCUT2D eigenvalue weighted by Gasteiger charge is -1.98. The van der Waals surface area contributed by atoms with Crippen LogP contribution in [-0.4, -0.2) is 26.9 Å². The summed E-state index contributed by atoms with van der Waals surface area (Å²) in [5.74, 6) is -0.520. The lowest BCUT2D eigenvalue weighted by Crippen LogP contribution is -2.37. The van der Waals surface area contributed by atoms with Gasteiger partial charge in [-0.15, -0.1) is 5.10 Å². The fourth-order valence-electron chi connectivity index (χ4n) is 0.641. The molecule has 0 unspecified atom stereocenters. The van der Waals surface area contributed by atoms with Crippen molar-refractivity contribution in [3.63, 3.8) is 0 Å². The minimum Gasteiger partial charge on any atom is -0.351 e. The molecule has 0 aromatic carbocycles. The smallest absolute Gasteiger partial charge is 0.318 e. The maximum atomic E-state index is 10.8. The predicted molar refractivity (Wildman–Crippen MR) is 37.7 cm³/mol. The summed E-state index contributed by atoms with van der Waals surface area (Å²) in [5.41, 5.74) is 4.71. The van der Waals surface area contributed by atoms with Gasteiger partial charge in [0.2, 0.25) is 5.91 Å². The molecule has 0 atom stereocenters. The van der Waals surface area contributed by atoms with Gasteiger partial charge in [-0.2, -0.15) is 0 Å². The van der Waals surface area contributed by atoms with Crippen molar-refractivity contribution in [2.75, 3.05) is 0 Å². The summed E-state index contributed by atoms with van der Waals surface area (Å²) in [6.45, 7) is -0.0665. The second-order valence-electron chi connectivity index (χ2n) is 2.01. The number of hydrogen-bond donors (Lipinski definition) is 2. The van der Waals surface area contributed by atoms with Crippen LogP contribution in [0.25, 0.3) is 0 Å². The highest BCUT2D eigenvalue weighted by molar-refractivity contribution is 5.93. The number of nitrogens with two attached hydrogens (primary N) is 1. The van der Waals surface area contributed by atoms with E-state index < -0.39 is 11.9 Å². The van der Waals surface area contributed by atoms with Crippen molar-refractivity contribution in [3.8, 4) is 0 Å². The van der Waals surface area contributed by atoms with Gasteiger partial charge >= 0.3 is 6.03 Å². The van der Waals surface area contributed by atoms with Crippen molar-refractivity contribution >= 4 is 11.9 Å². The molecular formula is C5H7N5O2. The van der Waals surface area contributed by atoms with Crippen LogP contribution in [-0.2, 0) is 11.3 Å². The Morgan fingerprint density at radius 3 is 2.83 bits per heavy atom. The van der Waals surface area contributed by atoms with Crippen molar-refractivity contribution < 1.29 is 9.59 Å². The Balaban J connectivity index is 2.42. The molecule has 1 aromatic rings. The molecule has 0 saturated carbocycles. The summed E-state index contributed by atoms with van der Waals surface area (Å²) in [7, 11) is 0. The maximum Gasteiger partial charge on any atom is 0.318 e. The summed E-state index contributed by atoms with van der Waals surface area (Å²) in [6, 6.07) is -0.875. The van der Waals surface area contributed by atoms with Crippen LogP contribution < -0.4 is 11.1 Å². The van der Waals surface area contributed by atoms with E-state index in [0.29, 0.717) is 0 Å². The van der Waals surface area contributed by atoms with Crippen LogP contribution >= 0.6 is 0 Å². The van der Waals surface area contributed by atoms with Crippen LogP contribution in [0, 0.1) is 0 Å². The normalized spacial score (nSPS) is 9.33. The number of nitrogens with one attached hydrogen (secondary N) is 1. The molecule has 3 amide bonds. The molecule has 0 bridgehead atoms. The second kappa shape index (κ2) is 3.46. The van der Waals surface area contributed by atoms with E-state index in [1.165, 1.54) is 17.1 Å². The Labute approximate surface area is 67.5 Å². The zero-order valence-corrected chi connectivity index (χ0v) is 6.10. The number of amides is 3. The van der Waals surface area contributed by atoms with Crippen molar-refractivity contribution in [2.45, 2.75) is 6.54 Å². The first-order valence-corrected chi connectivity index (χ1v) is 3.12. The molecule has 1 aromatic heterocycles. The van der Waals surface area contributed by atoms with Gasteiger partial charge in [-0.1, -0.05) is 5.21 Å². The van der Waals surface area contributed by atoms with Gasteiger partial charge in [0.25, 0.3) is 0 Å². The Morgan fingerprint density at radius 1 is 1.58 bits per heavy atom. The highest BCUT2D eigenvalue weighted by Crippen LogP contribution is 1.79. The number of hydrogen-bond acceptors (Lipinski definition) is 4. The molecule has 7 nitrogen and oxygen atoms in total. The lowest BCUT2D eigenvalue weighted by molar-refractivity contribution is -0.120. The lowest BCUT2D eigenvalue weighted by atomic mass is 10.6. The third kappa shape index (κ3) is 2.37. The van der Waals surface area contributed by atoms with Gasteiger partial charge in [-0.25, -0.2) is 9.48 Å². The molecule has 0 aliphatic rings. The number of rotatable bonds is 2. The molecule has 0 aliphatic carbocycles. The average molecular weight is 169 g/mol. The van der Waals surface area contributed by atoms with Gasteiger partial charge in [0.1, 0.15) is 6.54 Å². The first-order valence-electron chi connectivity index (χ1n) is 3.12. The summed E-state index contributed by atoms with van der Waals surface area (Å²) >= 11 is 0. The quantitative estimate of drug-likeness (QED) is 0.560. The molecule has 0 saturated heterocycles. The Hall–Kier alpha value is -1.92. The molecule has 0 aliphatic heterocycles. The van der Waals surface area contributed by atoms with Crippen molar-refractivity contribution in [2.24, 2.45) is 5.73 Å². The summed E-state index contributed by atoms with van der Waals surface area (Å²) in [5, 5.41) is 8.88. The molecule has 3 N–H and O–H groups in total. The zero-order valence-electron chi connectivity index (χ0n) is 6.10. The third-order valence-electron chi connectivity index (χ3n) is 1.04. The van der Waals surface area contributed by atoms with Gasteiger partial charge < -0.3 is 5.73 Å². The van der Waals surface area contributed by atoms with E-state index in [-0.39, 0.29) is 6.54 Å². The number of aromatic nitrogens is 3. The molecule has 0 fully saturated rings. The molecule has 12 heavy (non-hydrogen) atoms. The van der Waals surface area contributed by atoms with E-state index in [1.807, 2.05) is 5.32 Å². The minimum absolute atomic E-state index is 0.0665. The van der Waals surface area contributed by atoms with E-state index in [9.17, 15) is 9.59 Å². The summed E-state index contributed by atoms with van der Waals surface area (Å²) < 4.78 is 1.28. The number of primary amides is 1. The molecule has 0 spiro atoms. The molecule has 7 heteroatoms. The van der Waals surface area contributed by atoms with Crippen LogP contribution in [0.15, 0.2) is 12.4 Å².